The van der Waals surface area contributed by atoms with Crippen molar-refractivity contribution in [1.82, 2.24) is 15.2 Å². The van der Waals surface area contributed by atoms with E-state index in [-0.39, 0.29) is 5.92 Å². The first-order valence-electron chi connectivity index (χ1n) is 8.44. The molecule has 2 aromatic rings. The summed E-state index contributed by atoms with van der Waals surface area (Å²) in [6.07, 6.45) is 14.9. The van der Waals surface area contributed by atoms with Crippen LogP contribution in [0.4, 0.5) is 0 Å². The van der Waals surface area contributed by atoms with Gasteiger partial charge in [-0.2, -0.15) is 5.10 Å². The monoisotopic (exact) mass is 333 g/mol. The van der Waals surface area contributed by atoms with Gasteiger partial charge >= 0.3 is 0 Å². The summed E-state index contributed by atoms with van der Waals surface area (Å²) in [5.41, 5.74) is 4.08. The van der Waals surface area contributed by atoms with Crippen LogP contribution in [0.25, 0.3) is 11.4 Å². The fraction of sp³-hybridized carbons (Fsp3) is 0.250. The number of allylic oxidation sites excluding steroid dienone is 4. The lowest BCUT2D eigenvalue weighted by molar-refractivity contribution is -0.109. The molecule has 0 spiro atoms. The Morgan fingerprint density at radius 2 is 2.28 bits per heavy atom. The Morgan fingerprint density at radius 3 is 3.00 bits per heavy atom. The van der Waals surface area contributed by atoms with E-state index in [0.29, 0.717) is 12.5 Å². The first kappa shape index (κ1) is 15.6. The Hall–Kier alpha value is -2.95. The molecular weight excluding hydrogens is 314 g/mol. The van der Waals surface area contributed by atoms with Crippen LogP contribution in [0.15, 0.2) is 66.0 Å². The minimum atomic E-state index is 0.196. The van der Waals surface area contributed by atoms with Gasteiger partial charge in [0.15, 0.2) is 0 Å². The molecule has 25 heavy (non-hydrogen) atoms. The van der Waals surface area contributed by atoms with Gasteiger partial charge in [-0.05, 0) is 48.1 Å². The zero-order valence-electron chi connectivity index (χ0n) is 13.8. The lowest BCUT2D eigenvalue weighted by atomic mass is 10.1. The van der Waals surface area contributed by atoms with Gasteiger partial charge in [-0.1, -0.05) is 24.3 Å². The molecule has 2 aromatic heterocycles. The largest absolute Gasteiger partial charge is 0.487 e. The SMILES string of the molecule is O=CC1CC1C1=CCC=CC(COc2ccc(-c3ccn[nH]3)nc2)=C1. The van der Waals surface area contributed by atoms with Crippen molar-refractivity contribution in [2.24, 2.45) is 11.8 Å². The molecule has 4 rings (SSSR count). The van der Waals surface area contributed by atoms with Crippen LogP contribution in [0, 0.1) is 11.8 Å². The fourth-order valence-corrected chi connectivity index (χ4v) is 3.03. The molecule has 0 amide bonds. The van der Waals surface area contributed by atoms with Gasteiger partial charge in [0.1, 0.15) is 18.6 Å². The van der Waals surface area contributed by atoms with E-state index < -0.39 is 0 Å². The van der Waals surface area contributed by atoms with E-state index in [1.807, 2.05) is 18.2 Å². The molecule has 2 heterocycles. The third kappa shape index (κ3) is 3.60. The van der Waals surface area contributed by atoms with Crippen molar-refractivity contribution in [3.05, 3.63) is 66.0 Å². The molecule has 1 saturated carbocycles. The summed E-state index contributed by atoms with van der Waals surface area (Å²) in [6, 6.07) is 5.69. The second-order valence-electron chi connectivity index (χ2n) is 6.34. The maximum Gasteiger partial charge on any atom is 0.138 e. The molecule has 126 valence electrons. The molecule has 0 bridgehead atoms. The van der Waals surface area contributed by atoms with Gasteiger partial charge in [0.2, 0.25) is 0 Å². The number of hydrogen-bond donors (Lipinski definition) is 1. The molecule has 2 aliphatic rings. The third-order valence-electron chi connectivity index (χ3n) is 4.53. The van der Waals surface area contributed by atoms with Crippen LogP contribution in [0.1, 0.15) is 12.8 Å². The van der Waals surface area contributed by atoms with Crippen molar-refractivity contribution >= 4 is 6.29 Å². The number of hydrogen-bond acceptors (Lipinski definition) is 4. The Labute approximate surface area is 146 Å². The zero-order chi connectivity index (χ0) is 17.1. The Kier molecular flexibility index (Phi) is 4.29. The number of aldehydes is 1. The average molecular weight is 333 g/mol. The highest BCUT2D eigenvalue weighted by Crippen LogP contribution is 2.44. The zero-order valence-corrected chi connectivity index (χ0v) is 13.8. The van der Waals surface area contributed by atoms with Gasteiger partial charge in [0.05, 0.1) is 17.6 Å². The van der Waals surface area contributed by atoms with Gasteiger partial charge in [0, 0.05) is 12.1 Å². The summed E-state index contributed by atoms with van der Waals surface area (Å²) in [6.45, 7) is 0.484. The number of nitrogens with one attached hydrogen (secondary N) is 1. The van der Waals surface area contributed by atoms with Gasteiger partial charge in [-0.3, -0.25) is 10.1 Å². The number of aromatic amines is 1. The summed E-state index contributed by atoms with van der Waals surface area (Å²) in [5, 5.41) is 6.82. The molecule has 1 N–H and O–H groups in total. The van der Waals surface area contributed by atoms with Crippen molar-refractivity contribution in [2.45, 2.75) is 12.8 Å². The third-order valence-corrected chi connectivity index (χ3v) is 4.53. The first-order chi connectivity index (χ1) is 12.3. The lowest BCUT2D eigenvalue weighted by Crippen LogP contribution is -2.01. The number of H-pyrrole nitrogens is 1. The number of nitrogens with zero attached hydrogens (tertiary/aromatic N) is 2. The normalized spacial score (nSPS) is 21.9. The Balaban J connectivity index is 1.40. The quantitative estimate of drug-likeness (QED) is 0.822. The van der Waals surface area contributed by atoms with Crippen LogP contribution in [-0.4, -0.2) is 28.1 Å². The maximum absolute atomic E-state index is 10.9. The molecule has 5 nitrogen and oxygen atoms in total. The minimum absolute atomic E-state index is 0.196. The molecule has 5 heteroatoms. The molecule has 0 aliphatic heterocycles. The van der Waals surface area contributed by atoms with Crippen molar-refractivity contribution in [3.8, 4) is 17.1 Å². The molecular formula is C20H19N3O2. The molecule has 2 unspecified atom stereocenters. The summed E-state index contributed by atoms with van der Waals surface area (Å²) < 4.78 is 5.87. The number of rotatable bonds is 6. The maximum atomic E-state index is 10.9. The highest BCUT2D eigenvalue weighted by molar-refractivity contribution is 5.61. The second-order valence-corrected chi connectivity index (χ2v) is 6.34. The number of pyridine rings is 1. The smallest absolute Gasteiger partial charge is 0.138 e. The fourth-order valence-electron chi connectivity index (χ4n) is 3.03. The van der Waals surface area contributed by atoms with Crippen molar-refractivity contribution < 1.29 is 9.53 Å². The molecule has 0 saturated heterocycles. The second kappa shape index (κ2) is 6.89. The molecule has 2 atom stereocenters. The van der Waals surface area contributed by atoms with Crippen molar-refractivity contribution in [2.75, 3.05) is 6.61 Å². The first-order valence-corrected chi connectivity index (χ1v) is 8.44. The van der Waals surface area contributed by atoms with Gasteiger partial charge in [-0.25, -0.2) is 0 Å². The van der Waals surface area contributed by atoms with Crippen LogP contribution in [0.2, 0.25) is 0 Å². The van der Waals surface area contributed by atoms with Gasteiger partial charge < -0.3 is 9.53 Å². The highest BCUT2D eigenvalue weighted by atomic mass is 16.5. The van der Waals surface area contributed by atoms with Crippen molar-refractivity contribution in [1.29, 1.82) is 0 Å². The van der Waals surface area contributed by atoms with E-state index in [4.69, 9.17) is 4.74 Å². The van der Waals surface area contributed by atoms with Crippen LogP contribution >= 0.6 is 0 Å². The van der Waals surface area contributed by atoms with Gasteiger partial charge in [-0.15, -0.1) is 0 Å². The Morgan fingerprint density at radius 1 is 1.32 bits per heavy atom. The predicted octanol–water partition coefficient (Wildman–Crippen LogP) is 3.50. The lowest BCUT2D eigenvalue weighted by Gasteiger charge is -2.08. The number of aromatic nitrogens is 3. The van der Waals surface area contributed by atoms with E-state index in [2.05, 4.69) is 39.5 Å². The topological polar surface area (TPSA) is 67.9 Å². The summed E-state index contributed by atoms with van der Waals surface area (Å²) in [7, 11) is 0. The minimum Gasteiger partial charge on any atom is -0.487 e. The molecule has 0 radical (unpaired) electrons. The van der Waals surface area contributed by atoms with Crippen molar-refractivity contribution in [3.63, 3.8) is 0 Å². The summed E-state index contributed by atoms with van der Waals surface area (Å²) >= 11 is 0. The van der Waals surface area contributed by atoms with E-state index in [0.717, 1.165) is 41.8 Å². The van der Waals surface area contributed by atoms with Crippen LogP contribution < -0.4 is 4.74 Å². The van der Waals surface area contributed by atoms with E-state index in [1.54, 1.807) is 12.4 Å². The van der Waals surface area contributed by atoms with Gasteiger partial charge in [0.25, 0.3) is 0 Å². The molecule has 1 fully saturated rings. The van der Waals surface area contributed by atoms with Crippen LogP contribution in [-0.2, 0) is 4.79 Å². The standard InChI is InChI=1S/C20H19N3O2/c24-12-16-10-18(16)15-4-2-1-3-14(9-15)13-25-17-5-6-19(21-11-17)20-7-8-22-23-20/h1,3-9,11-12,16,18H,2,10,13H2,(H,22,23). The average Bonchev–Trinajstić information content (AvgIpc) is 3.31. The van der Waals surface area contributed by atoms with E-state index in [9.17, 15) is 4.79 Å². The van der Waals surface area contributed by atoms with E-state index in [1.165, 1.54) is 5.57 Å². The summed E-state index contributed by atoms with van der Waals surface area (Å²) in [5.74, 6) is 1.31. The van der Waals surface area contributed by atoms with Crippen LogP contribution in [0.5, 0.6) is 5.75 Å². The summed E-state index contributed by atoms with van der Waals surface area (Å²) in [4.78, 5) is 15.3. The number of carbonyl (C=O) groups is 1. The number of ether oxygens (including phenoxy) is 1. The van der Waals surface area contributed by atoms with Crippen LogP contribution in [0.3, 0.4) is 0 Å². The number of carbonyl (C=O) groups excluding carboxylic acids is 1. The highest BCUT2D eigenvalue weighted by Gasteiger charge is 2.38. The molecule has 0 aromatic carbocycles. The molecule has 2 aliphatic carbocycles. The van der Waals surface area contributed by atoms with E-state index >= 15 is 0 Å². The predicted molar refractivity (Wildman–Crippen MR) is 94.9 cm³/mol. The Bertz CT molecular complexity index is 832.